The second-order valence-corrected chi connectivity index (χ2v) is 13.5. The Bertz CT molecular complexity index is 1980. The molecule has 3 amide bonds. The fraction of sp³-hybridized carbons (Fsp3) is 0.290. The summed E-state index contributed by atoms with van der Waals surface area (Å²) in [6.45, 7) is 4.05. The molecule has 4 aromatic rings. The minimum Gasteiger partial charge on any atom is -0.488 e. The molecular formula is C31H30N8O7S2. The lowest BCUT2D eigenvalue weighted by molar-refractivity contribution is -0.151. The van der Waals surface area contributed by atoms with Crippen LogP contribution in [0.15, 0.2) is 75.8 Å². The average Bonchev–Trinajstić information content (AvgIpc) is 3.52. The summed E-state index contributed by atoms with van der Waals surface area (Å²) in [4.78, 5) is 73.6. The standard InChI is InChI=1S/C31H30N8O7S2/c1-15(2)12-38-28(44)26(42)36-37-31(38)48-14-17-13-47-29-21(27(43)39(29)22(17)30(45)46)35-24(40)20(16-8-4-3-5-9-16)34-25(41)23-32-18-10-6-7-11-19(18)33-23/h3-11,15,20-21,29H,12-14H2,1-2H3,(H,32,33)(H,34,41)(H,35,40)(H,36,42)(H,45,46)/t20?,21?,29-/m0/s1. The highest BCUT2D eigenvalue weighted by atomic mass is 32.2. The number of hydrogen-bond donors (Lipinski definition) is 5. The van der Waals surface area contributed by atoms with Gasteiger partial charge in [0, 0.05) is 18.1 Å². The molecule has 3 atom stereocenters. The van der Waals surface area contributed by atoms with E-state index in [-0.39, 0.29) is 40.6 Å². The molecule has 15 nitrogen and oxygen atoms in total. The minimum atomic E-state index is -1.31. The molecule has 1 fully saturated rings. The van der Waals surface area contributed by atoms with Crippen LogP contribution in [0.25, 0.3) is 11.0 Å². The number of hydrogen-bond acceptors (Lipinski definition) is 11. The van der Waals surface area contributed by atoms with E-state index in [4.69, 9.17) is 0 Å². The zero-order valence-corrected chi connectivity index (χ0v) is 27.2. The lowest BCUT2D eigenvalue weighted by atomic mass is 10.0. The molecule has 2 aromatic heterocycles. The van der Waals surface area contributed by atoms with E-state index < -0.39 is 52.6 Å². The van der Waals surface area contributed by atoms with Gasteiger partial charge in [-0.25, -0.2) is 9.78 Å². The summed E-state index contributed by atoms with van der Waals surface area (Å²) in [7, 11) is 0. The smallest absolute Gasteiger partial charge is 0.352 e. The van der Waals surface area contributed by atoms with Crippen molar-refractivity contribution in [3.05, 3.63) is 87.6 Å². The van der Waals surface area contributed by atoms with Crippen LogP contribution in [-0.4, -0.2) is 86.5 Å². The molecular weight excluding hydrogens is 661 g/mol. The SMILES string of the molecule is CC(C)Cn1c(SCC2=C(C(=O)O)N3C(=O)C(NC(=O)C(NC(=O)c4nc5ccccc5[nH]4)c4ccccc4)[C@@H]3SC2)nnc(O)c1=O. The molecule has 2 aliphatic heterocycles. The van der Waals surface area contributed by atoms with Crippen molar-refractivity contribution < 1.29 is 29.4 Å². The van der Waals surface area contributed by atoms with Crippen LogP contribution in [0.1, 0.15) is 36.1 Å². The van der Waals surface area contributed by atoms with Crippen molar-refractivity contribution in [2.24, 2.45) is 5.92 Å². The fourth-order valence-electron chi connectivity index (χ4n) is 5.42. The van der Waals surface area contributed by atoms with Crippen LogP contribution in [0.2, 0.25) is 0 Å². The van der Waals surface area contributed by atoms with Gasteiger partial charge in [-0.1, -0.05) is 68.1 Å². The number of aromatic amines is 1. The Hall–Kier alpha value is -5.16. The highest BCUT2D eigenvalue weighted by Crippen LogP contribution is 2.41. The number of aromatic nitrogens is 5. The summed E-state index contributed by atoms with van der Waals surface area (Å²) >= 11 is 2.36. The van der Waals surface area contributed by atoms with E-state index in [1.54, 1.807) is 54.6 Å². The molecule has 2 aromatic carbocycles. The number of aromatic hydroxyl groups is 1. The normalized spacial score (nSPS) is 18.0. The Morgan fingerprint density at radius 3 is 2.52 bits per heavy atom. The van der Waals surface area contributed by atoms with Crippen molar-refractivity contribution in [2.75, 3.05) is 11.5 Å². The van der Waals surface area contributed by atoms with Crippen molar-refractivity contribution in [3.8, 4) is 5.88 Å². The maximum absolute atomic E-state index is 13.7. The van der Waals surface area contributed by atoms with Crippen molar-refractivity contribution in [1.82, 2.24) is 40.3 Å². The molecule has 0 saturated carbocycles. The van der Waals surface area contributed by atoms with E-state index in [1.165, 1.54) is 16.3 Å². The van der Waals surface area contributed by atoms with Gasteiger partial charge in [-0.15, -0.1) is 22.0 Å². The lowest BCUT2D eigenvalue weighted by Crippen LogP contribution is -2.71. The van der Waals surface area contributed by atoms with Crippen molar-refractivity contribution >= 4 is 58.2 Å². The first-order valence-corrected chi connectivity index (χ1v) is 16.9. The molecule has 4 heterocycles. The molecule has 2 unspecified atom stereocenters. The molecule has 1 saturated heterocycles. The zero-order chi connectivity index (χ0) is 34.1. The van der Waals surface area contributed by atoms with Crippen molar-refractivity contribution in [1.29, 1.82) is 0 Å². The van der Waals surface area contributed by atoms with Gasteiger partial charge < -0.3 is 25.8 Å². The molecule has 2 aliphatic rings. The Labute approximate surface area is 281 Å². The van der Waals surface area contributed by atoms with Crippen LogP contribution in [0.5, 0.6) is 5.88 Å². The number of rotatable bonds is 11. The van der Waals surface area contributed by atoms with Crippen LogP contribution >= 0.6 is 23.5 Å². The first-order valence-electron chi connectivity index (χ1n) is 14.8. The summed E-state index contributed by atoms with van der Waals surface area (Å²) in [5, 5.41) is 32.3. The van der Waals surface area contributed by atoms with Crippen LogP contribution < -0.4 is 16.2 Å². The van der Waals surface area contributed by atoms with Crippen LogP contribution in [0, 0.1) is 5.92 Å². The second-order valence-electron chi connectivity index (χ2n) is 11.5. The van der Waals surface area contributed by atoms with Gasteiger partial charge in [0.15, 0.2) is 11.0 Å². The third-order valence-corrected chi connectivity index (χ3v) is 10.0. The Morgan fingerprint density at radius 1 is 1.08 bits per heavy atom. The zero-order valence-electron chi connectivity index (χ0n) is 25.6. The number of carbonyl (C=O) groups is 4. The topological polar surface area (TPSA) is 212 Å². The summed E-state index contributed by atoms with van der Waals surface area (Å²) < 4.78 is 1.29. The molecule has 0 bridgehead atoms. The van der Waals surface area contributed by atoms with Gasteiger partial charge >= 0.3 is 11.5 Å². The van der Waals surface area contributed by atoms with E-state index in [9.17, 15) is 34.2 Å². The van der Waals surface area contributed by atoms with Gasteiger partial charge in [-0.3, -0.25) is 28.6 Å². The second kappa shape index (κ2) is 13.5. The van der Waals surface area contributed by atoms with Crippen molar-refractivity contribution in [2.45, 2.75) is 43.0 Å². The maximum atomic E-state index is 13.7. The maximum Gasteiger partial charge on any atom is 0.352 e. The Morgan fingerprint density at radius 2 is 1.81 bits per heavy atom. The van der Waals surface area contributed by atoms with E-state index in [0.717, 1.165) is 16.7 Å². The first-order chi connectivity index (χ1) is 23.0. The highest BCUT2D eigenvalue weighted by molar-refractivity contribution is 8.01. The summed E-state index contributed by atoms with van der Waals surface area (Å²) in [5.74, 6) is -3.56. The molecule has 6 rings (SSSR count). The van der Waals surface area contributed by atoms with Gasteiger partial charge in [0.25, 0.3) is 17.7 Å². The summed E-state index contributed by atoms with van der Waals surface area (Å²) in [5.41, 5.74) is 1.22. The first kappa shape index (κ1) is 32.8. The largest absolute Gasteiger partial charge is 0.488 e. The van der Waals surface area contributed by atoms with E-state index in [1.807, 2.05) is 13.8 Å². The number of amides is 3. The van der Waals surface area contributed by atoms with Gasteiger partial charge in [0.1, 0.15) is 23.2 Å². The van der Waals surface area contributed by atoms with Crippen molar-refractivity contribution in [3.63, 3.8) is 0 Å². The molecule has 0 aliphatic carbocycles. The molecule has 17 heteroatoms. The number of nitrogens with one attached hydrogen (secondary N) is 3. The number of carbonyl (C=O) groups excluding carboxylic acids is 3. The van der Waals surface area contributed by atoms with E-state index >= 15 is 0 Å². The third kappa shape index (κ3) is 6.37. The fourth-order valence-corrected chi connectivity index (χ4v) is 7.84. The quantitative estimate of drug-likeness (QED) is 0.113. The number of thioether (sulfide) groups is 2. The van der Waals surface area contributed by atoms with Crippen LogP contribution in [0.4, 0.5) is 0 Å². The van der Waals surface area contributed by atoms with Crippen LogP contribution in [-0.2, 0) is 20.9 Å². The molecule has 5 N–H and O–H groups in total. The number of aliphatic carboxylic acids is 1. The lowest BCUT2D eigenvalue weighted by Gasteiger charge is -2.49. The predicted molar refractivity (Wildman–Crippen MR) is 176 cm³/mol. The predicted octanol–water partition coefficient (Wildman–Crippen LogP) is 1.88. The number of β-lactam (4-membered cyclic amide) rings is 1. The van der Waals surface area contributed by atoms with Gasteiger partial charge in [-0.05, 0) is 29.2 Å². The number of fused-ring (bicyclic) bond motifs is 2. The monoisotopic (exact) mass is 690 g/mol. The third-order valence-electron chi connectivity index (χ3n) is 7.64. The Kier molecular flexibility index (Phi) is 9.23. The number of imidazole rings is 1. The number of para-hydroxylation sites is 2. The minimum absolute atomic E-state index is 0.0137. The van der Waals surface area contributed by atoms with Gasteiger partial charge in [0.05, 0.1) is 11.0 Å². The summed E-state index contributed by atoms with van der Waals surface area (Å²) in [6, 6.07) is 13.4. The van der Waals surface area contributed by atoms with E-state index in [2.05, 4.69) is 30.8 Å². The number of benzene rings is 2. The number of H-pyrrole nitrogens is 1. The average molecular weight is 691 g/mol. The molecule has 0 spiro atoms. The molecule has 248 valence electrons. The summed E-state index contributed by atoms with van der Waals surface area (Å²) in [6.07, 6.45) is 0. The number of carboxylic acid groups (broad SMARTS) is 1. The molecule has 48 heavy (non-hydrogen) atoms. The number of nitrogens with zero attached hydrogens (tertiary/aromatic N) is 5. The number of carboxylic acids is 1. The van der Waals surface area contributed by atoms with Crippen LogP contribution in [0.3, 0.4) is 0 Å². The van der Waals surface area contributed by atoms with E-state index in [0.29, 0.717) is 22.2 Å². The molecule has 0 radical (unpaired) electrons. The Balaban J connectivity index is 1.19. The van der Waals surface area contributed by atoms with Gasteiger partial charge in [-0.2, -0.15) is 0 Å². The highest BCUT2D eigenvalue weighted by Gasteiger charge is 2.54. The van der Waals surface area contributed by atoms with Gasteiger partial charge in [0.2, 0.25) is 5.91 Å².